The first-order valence-electron chi connectivity index (χ1n) is 10.1. The highest BCUT2D eigenvalue weighted by molar-refractivity contribution is 5.62. The van der Waals surface area contributed by atoms with Crippen molar-refractivity contribution in [2.45, 2.75) is 38.7 Å². The number of hydrogen-bond acceptors (Lipinski definition) is 5. The minimum Gasteiger partial charge on any atom is -0.493 e. The summed E-state index contributed by atoms with van der Waals surface area (Å²) in [5.74, 6) is 2.51. The zero-order chi connectivity index (χ0) is 21.8. The van der Waals surface area contributed by atoms with Crippen molar-refractivity contribution in [1.29, 1.82) is 0 Å². The van der Waals surface area contributed by atoms with Crippen LogP contribution in [0.3, 0.4) is 0 Å². The van der Waals surface area contributed by atoms with Crippen molar-refractivity contribution in [2.75, 3.05) is 21.3 Å². The van der Waals surface area contributed by atoms with E-state index in [1.165, 1.54) is 5.57 Å². The molecule has 0 saturated heterocycles. The average molecular weight is 413 g/mol. The van der Waals surface area contributed by atoms with E-state index in [4.69, 9.17) is 18.6 Å². The Morgan fingerprint density at radius 1 is 1.07 bits per heavy atom. The summed E-state index contributed by atoms with van der Waals surface area (Å²) in [7, 11) is 4.82. The number of unbranched alkanes of at least 4 members (excludes halogenated alkanes) is 1. The molecule has 0 saturated carbocycles. The van der Waals surface area contributed by atoms with Gasteiger partial charge in [-0.1, -0.05) is 36.0 Å². The van der Waals surface area contributed by atoms with Gasteiger partial charge in [-0.3, -0.25) is 0 Å². The minimum absolute atomic E-state index is 0.548. The zero-order valence-corrected chi connectivity index (χ0v) is 18.3. The Morgan fingerprint density at radius 3 is 2.37 bits per heavy atom. The number of allylic oxidation sites excluding steroid dienone is 5. The first-order valence-corrected chi connectivity index (χ1v) is 10.1. The summed E-state index contributed by atoms with van der Waals surface area (Å²) in [6, 6.07) is 7.45. The van der Waals surface area contributed by atoms with Crippen LogP contribution in [0, 0.1) is 0 Å². The van der Waals surface area contributed by atoms with Crippen molar-refractivity contribution >= 4 is 6.08 Å². The molecule has 2 rings (SSSR count). The third-order valence-corrected chi connectivity index (χ3v) is 4.70. The molecule has 2 aromatic rings. The van der Waals surface area contributed by atoms with Crippen molar-refractivity contribution < 1.29 is 23.7 Å². The Labute approximate surface area is 179 Å². The molecule has 1 aromatic carbocycles. The molecule has 5 nitrogen and oxygen atoms in total. The largest absolute Gasteiger partial charge is 0.493 e. The quantitative estimate of drug-likeness (QED) is 0.336. The van der Waals surface area contributed by atoms with Gasteiger partial charge in [0.2, 0.25) is 5.75 Å². The summed E-state index contributed by atoms with van der Waals surface area (Å²) < 4.78 is 21.3. The lowest BCUT2D eigenvalue weighted by molar-refractivity contribution is 0.140. The third kappa shape index (κ3) is 7.16. The van der Waals surface area contributed by atoms with E-state index < -0.39 is 6.10 Å². The lowest BCUT2D eigenvalue weighted by Crippen LogP contribution is -1.95. The van der Waals surface area contributed by atoms with Crippen LogP contribution in [0.4, 0.5) is 0 Å². The van der Waals surface area contributed by atoms with Gasteiger partial charge >= 0.3 is 0 Å². The van der Waals surface area contributed by atoms with Crippen LogP contribution in [0.2, 0.25) is 0 Å². The van der Waals surface area contributed by atoms with E-state index in [1.54, 1.807) is 39.7 Å². The summed E-state index contributed by atoms with van der Waals surface area (Å²) in [6.07, 6.45) is 14.9. The molecule has 5 heteroatoms. The van der Waals surface area contributed by atoms with Gasteiger partial charge in [0.05, 0.1) is 27.6 Å². The molecule has 162 valence electrons. The van der Waals surface area contributed by atoms with Crippen molar-refractivity contribution in [1.82, 2.24) is 0 Å². The highest BCUT2D eigenvalue weighted by Crippen LogP contribution is 2.38. The van der Waals surface area contributed by atoms with Crippen LogP contribution in [0.5, 0.6) is 17.2 Å². The molecule has 1 unspecified atom stereocenters. The fourth-order valence-corrected chi connectivity index (χ4v) is 3.01. The molecule has 0 fully saturated rings. The highest BCUT2D eigenvalue weighted by Gasteiger charge is 2.12. The Balaban J connectivity index is 1.78. The molecule has 0 bridgehead atoms. The van der Waals surface area contributed by atoms with Crippen LogP contribution in [0.1, 0.15) is 50.0 Å². The highest BCUT2D eigenvalue weighted by atomic mass is 16.5. The van der Waals surface area contributed by atoms with Gasteiger partial charge in [0, 0.05) is 0 Å². The number of methoxy groups -OCH3 is 3. The maximum Gasteiger partial charge on any atom is 0.203 e. The molecular weight excluding hydrogens is 380 g/mol. The first kappa shape index (κ1) is 23.4. The monoisotopic (exact) mass is 412 g/mol. The predicted molar refractivity (Wildman–Crippen MR) is 120 cm³/mol. The van der Waals surface area contributed by atoms with E-state index in [1.807, 2.05) is 12.1 Å². The molecule has 0 spiro atoms. The fourth-order valence-electron chi connectivity index (χ4n) is 3.01. The van der Waals surface area contributed by atoms with Crippen molar-refractivity contribution in [2.24, 2.45) is 0 Å². The molecule has 0 amide bonds. The number of aliphatic hydroxyl groups is 1. The van der Waals surface area contributed by atoms with Gasteiger partial charge in [-0.15, -0.1) is 0 Å². The lowest BCUT2D eigenvalue weighted by atomic mass is 10.1. The van der Waals surface area contributed by atoms with Gasteiger partial charge < -0.3 is 23.7 Å². The fraction of sp³-hybridized carbons (Fsp3) is 0.360. The maximum atomic E-state index is 10.0. The van der Waals surface area contributed by atoms with Gasteiger partial charge in [0.25, 0.3) is 0 Å². The minimum atomic E-state index is -0.548. The van der Waals surface area contributed by atoms with Gasteiger partial charge in [-0.25, -0.2) is 0 Å². The molecule has 30 heavy (non-hydrogen) atoms. The zero-order valence-electron chi connectivity index (χ0n) is 18.3. The predicted octanol–water partition coefficient (Wildman–Crippen LogP) is 6.12. The summed E-state index contributed by atoms with van der Waals surface area (Å²) >= 11 is 0. The van der Waals surface area contributed by atoms with Crippen LogP contribution in [0.25, 0.3) is 6.08 Å². The van der Waals surface area contributed by atoms with Crippen LogP contribution in [0.15, 0.2) is 64.8 Å². The number of benzene rings is 1. The maximum absolute atomic E-state index is 10.0. The van der Waals surface area contributed by atoms with E-state index in [-0.39, 0.29) is 0 Å². The molecule has 1 N–H and O–H groups in total. The van der Waals surface area contributed by atoms with Crippen molar-refractivity contribution in [3.05, 3.63) is 71.7 Å². The molecule has 0 aliphatic carbocycles. The number of furan rings is 1. The normalized spacial score (nSPS) is 13.2. The van der Waals surface area contributed by atoms with Crippen LogP contribution >= 0.6 is 0 Å². The summed E-state index contributed by atoms with van der Waals surface area (Å²) in [4.78, 5) is 0. The Morgan fingerprint density at radius 2 is 1.77 bits per heavy atom. The second kappa shape index (κ2) is 12.6. The van der Waals surface area contributed by atoms with Gasteiger partial charge in [0.15, 0.2) is 11.5 Å². The molecule has 0 radical (unpaired) electrons. The first-order chi connectivity index (χ1) is 14.6. The third-order valence-electron chi connectivity index (χ3n) is 4.70. The molecule has 1 atom stereocenters. The van der Waals surface area contributed by atoms with Crippen LogP contribution in [-0.2, 0) is 0 Å². The second-order valence-electron chi connectivity index (χ2n) is 6.95. The van der Waals surface area contributed by atoms with Gasteiger partial charge in [-0.2, -0.15) is 0 Å². The standard InChI is InChI=1S/C25H32O5/c1-19(14-15-21(26)22-13-10-16-30-22)11-8-6-5-7-9-12-20-17-23(27-2)25(29-4)24(18-20)28-3/h6,8-13,16-18,21,26H,5,7,14-15H2,1-4H3. The van der Waals surface area contributed by atoms with Gasteiger partial charge in [-0.05, 0) is 62.4 Å². The summed E-state index contributed by atoms with van der Waals surface area (Å²) in [6.45, 7) is 2.07. The Kier molecular flexibility index (Phi) is 9.81. The summed E-state index contributed by atoms with van der Waals surface area (Å²) in [5, 5.41) is 10.0. The van der Waals surface area contributed by atoms with E-state index in [0.717, 1.165) is 24.8 Å². The average Bonchev–Trinajstić information content (AvgIpc) is 3.31. The Bertz CT molecular complexity index is 821. The number of rotatable bonds is 12. The number of ether oxygens (including phenoxy) is 3. The lowest BCUT2D eigenvalue weighted by Gasteiger charge is -2.12. The molecule has 1 aromatic heterocycles. The second-order valence-corrected chi connectivity index (χ2v) is 6.95. The van der Waals surface area contributed by atoms with E-state index in [0.29, 0.717) is 29.4 Å². The molecular formula is C25H32O5. The molecule has 1 heterocycles. The van der Waals surface area contributed by atoms with Crippen LogP contribution in [-0.4, -0.2) is 26.4 Å². The summed E-state index contributed by atoms with van der Waals surface area (Å²) in [5.41, 5.74) is 2.23. The van der Waals surface area contributed by atoms with Crippen LogP contribution < -0.4 is 14.2 Å². The van der Waals surface area contributed by atoms with E-state index >= 15 is 0 Å². The van der Waals surface area contributed by atoms with E-state index in [9.17, 15) is 5.11 Å². The van der Waals surface area contributed by atoms with Crippen molar-refractivity contribution in [3.8, 4) is 17.2 Å². The SMILES string of the molecule is COc1cc(C=CCCC=CC=C(C)CCC(O)c2ccco2)cc(OC)c1OC. The molecule has 0 aliphatic heterocycles. The molecule has 0 aliphatic rings. The van der Waals surface area contributed by atoms with E-state index in [2.05, 4.69) is 37.3 Å². The number of aliphatic hydroxyl groups excluding tert-OH is 1. The van der Waals surface area contributed by atoms with Gasteiger partial charge in [0.1, 0.15) is 11.9 Å². The number of hydrogen-bond donors (Lipinski definition) is 1. The van der Waals surface area contributed by atoms with Crippen molar-refractivity contribution in [3.63, 3.8) is 0 Å². The Hall–Kier alpha value is -2.92. The topological polar surface area (TPSA) is 61.1 Å². The smallest absolute Gasteiger partial charge is 0.203 e.